The zero-order valence-electron chi connectivity index (χ0n) is 15.1. The Morgan fingerprint density at radius 1 is 1.18 bits per heavy atom. The highest BCUT2D eigenvalue weighted by Gasteiger charge is 2.24. The van der Waals surface area contributed by atoms with Crippen molar-refractivity contribution in [2.45, 2.75) is 13.0 Å². The summed E-state index contributed by atoms with van der Waals surface area (Å²) in [5.41, 5.74) is 4.36. The van der Waals surface area contributed by atoms with Gasteiger partial charge in [-0.05, 0) is 30.3 Å². The molecular formula is C21H18N4O3. The number of aromatic nitrogens is 3. The number of hydrogen-bond donors (Lipinski definition) is 1. The van der Waals surface area contributed by atoms with E-state index in [0.717, 1.165) is 17.5 Å². The Kier molecular flexibility index (Phi) is 4.05. The van der Waals surface area contributed by atoms with Crippen molar-refractivity contribution in [2.24, 2.45) is 0 Å². The fourth-order valence-corrected chi connectivity index (χ4v) is 3.61. The Morgan fingerprint density at radius 2 is 2.04 bits per heavy atom. The molecule has 3 heterocycles. The van der Waals surface area contributed by atoms with Crippen molar-refractivity contribution in [2.75, 3.05) is 13.2 Å². The topological polar surface area (TPSA) is 84.2 Å². The van der Waals surface area contributed by atoms with E-state index in [1.165, 1.54) is 23.0 Å². The van der Waals surface area contributed by atoms with Crippen LogP contribution in [0.2, 0.25) is 0 Å². The van der Waals surface area contributed by atoms with Gasteiger partial charge in [-0.3, -0.25) is 4.79 Å². The maximum atomic E-state index is 12.7. The molecule has 0 saturated carbocycles. The first kappa shape index (κ1) is 16.6. The van der Waals surface area contributed by atoms with Crippen LogP contribution in [0.25, 0.3) is 22.4 Å². The number of ether oxygens (including phenoxy) is 1. The normalized spacial score (nSPS) is 13.5. The molecule has 7 heteroatoms. The number of aromatic amines is 1. The lowest BCUT2D eigenvalue weighted by atomic mass is 10.0. The Bertz CT molecular complexity index is 1120. The largest absolute Gasteiger partial charge is 0.484 e. The van der Waals surface area contributed by atoms with Crippen LogP contribution in [0.1, 0.15) is 11.3 Å². The molecule has 4 aromatic rings. The van der Waals surface area contributed by atoms with E-state index in [9.17, 15) is 4.79 Å². The third kappa shape index (κ3) is 3.00. The first-order chi connectivity index (χ1) is 13.8. The van der Waals surface area contributed by atoms with Crippen molar-refractivity contribution in [3.8, 4) is 17.2 Å². The number of fused-ring (bicyclic) bond motifs is 3. The molecule has 0 fully saturated rings. The Hall–Kier alpha value is -3.61. The van der Waals surface area contributed by atoms with Crippen LogP contribution >= 0.6 is 0 Å². The molecule has 2 aromatic heterocycles. The zero-order valence-corrected chi connectivity index (χ0v) is 15.1. The average Bonchev–Trinajstić information content (AvgIpc) is 3.40. The van der Waals surface area contributed by atoms with Crippen molar-refractivity contribution in [3.63, 3.8) is 0 Å². The number of carbonyl (C=O) groups is 1. The summed E-state index contributed by atoms with van der Waals surface area (Å²) in [5.74, 6) is 1.06. The van der Waals surface area contributed by atoms with E-state index in [4.69, 9.17) is 9.15 Å². The van der Waals surface area contributed by atoms with Crippen LogP contribution < -0.4 is 4.74 Å². The summed E-state index contributed by atoms with van der Waals surface area (Å²) in [5, 5.41) is 8.72. The van der Waals surface area contributed by atoms with Gasteiger partial charge in [0.15, 0.2) is 6.61 Å². The third-order valence-electron chi connectivity index (χ3n) is 5.06. The van der Waals surface area contributed by atoms with Crippen LogP contribution in [0.15, 0.2) is 59.3 Å². The molecule has 2 aromatic carbocycles. The minimum Gasteiger partial charge on any atom is -0.484 e. The van der Waals surface area contributed by atoms with Crippen molar-refractivity contribution < 1.29 is 13.9 Å². The van der Waals surface area contributed by atoms with Gasteiger partial charge in [0, 0.05) is 47.2 Å². The number of para-hydroxylation sites is 1. The van der Waals surface area contributed by atoms with Gasteiger partial charge in [0.2, 0.25) is 12.3 Å². The van der Waals surface area contributed by atoms with Crippen LogP contribution in [-0.2, 0) is 17.8 Å². The lowest BCUT2D eigenvalue weighted by Crippen LogP contribution is -2.38. The van der Waals surface area contributed by atoms with E-state index in [1.807, 2.05) is 29.2 Å². The van der Waals surface area contributed by atoms with Crippen molar-refractivity contribution >= 4 is 16.8 Å². The first-order valence-corrected chi connectivity index (χ1v) is 9.13. The van der Waals surface area contributed by atoms with E-state index in [1.54, 1.807) is 12.1 Å². The Labute approximate surface area is 160 Å². The second-order valence-corrected chi connectivity index (χ2v) is 6.75. The van der Waals surface area contributed by atoms with Crippen LogP contribution in [0.5, 0.6) is 5.75 Å². The predicted molar refractivity (Wildman–Crippen MR) is 103 cm³/mol. The highest BCUT2D eigenvalue weighted by Crippen LogP contribution is 2.27. The van der Waals surface area contributed by atoms with E-state index in [0.29, 0.717) is 24.7 Å². The van der Waals surface area contributed by atoms with Gasteiger partial charge in [0.05, 0.1) is 0 Å². The molecule has 7 nitrogen and oxygen atoms in total. The maximum Gasteiger partial charge on any atom is 0.260 e. The average molecular weight is 374 g/mol. The highest BCUT2D eigenvalue weighted by molar-refractivity contribution is 5.86. The van der Waals surface area contributed by atoms with E-state index in [2.05, 4.69) is 27.3 Å². The number of carbonyl (C=O) groups excluding carboxylic acids is 1. The quantitative estimate of drug-likeness (QED) is 0.593. The Morgan fingerprint density at radius 3 is 2.86 bits per heavy atom. The van der Waals surface area contributed by atoms with Gasteiger partial charge >= 0.3 is 0 Å². The number of rotatable bonds is 4. The molecule has 1 aliphatic heterocycles. The molecule has 0 bridgehead atoms. The van der Waals surface area contributed by atoms with Gasteiger partial charge in [-0.2, -0.15) is 0 Å². The van der Waals surface area contributed by atoms with Crippen molar-refractivity contribution in [1.82, 2.24) is 20.1 Å². The van der Waals surface area contributed by atoms with E-state index in [-0.39, 0.29) is 12.5 Å². The lowest BCUT2D eigenvalue weighted by Gasteiger charge is -2.27. The molecule has 0 unspecified atom stereocenters. The van der Waals surface area contributed by atoms with Gasteiger partial charge in [0.25, 0.3) is 5.91 Å². The minimum atomic E-state index is -0.0168. The second-order valence-electron chi connectivity index (χ2n) is 6.75. The fourth-order valence-electron chi connectivity index (χ4n) is 3.61. The van der Waals surface area contributed by atoms with Crippen LogP contribution in [0.4, 0.5) is 0 Å². The van der Waals surface area contributed by atoms with Gasteiger partial charge in [-0.25, -0.2) is 0 Å². The summed E-state index contributed by atoms with van der Waals surface area (Å²) in [6.07, 6.45) is 2.12. The molecule has 1 aliphatic rings. The zero-order chi connectivity index (χ0) is 18.9. The monoisotopic (exact) mass is 374 g/mol. The van der Waals surface area contributed by atoms with E-state index >= 15 is 0 Å². The summed E-state index contributed by atoms with van der Waals surface area (Å²) in [4.78, 5) is 18.0. The number of hydrogen-bond acceptors (Lipinski definition) is 5. The maximum absolute atomic E-state index is 12.7. The number of H-pyrrole nitrogens is 1. The minimum absolute atomic E-state index is 0.0115. The molecule has 0 saturated heterocycles. The smallest absolute Gasteiger partial charge is 0.260 e. The molecule has 28 heavy (non-hydrogen) atoms. The van der Waals surface area contributed by atoms with Crippen LogP contribution in [0.3, 0.4) is 0 Å². The molecule has 140 valence electrons. The molecule has 5 rings (SSSR count). The van der Waals surface area contributed by atoms with Crippen molar-refractivity contribution in [1.29, 1.82) is 0 Å². The molecule has 0 spiro atoms. The van der Waals surface area contributed by atoms with Gasteiger partial charge in [-0.1, -0.05) is 18.2 Å². The molecule has 0 aliphatic carbocycles. The molecule has 0 radical (unpaired) electrons. The number of benzene rings is 2. The summed E-state index contributed by atoms with van der Waals surface area (Å²) >= 11 is 0. The van der Waals surface area contributed by atoms with E-state index < -0.39 is 0 Å². The highest BCUT2D eigenvalue weighted by atomic mass is 16.5. The first-order valence-electron chi connectivity index (χ1n) is 9.13. The number of nitrogens with one attached hydrogen (secondary N) is 1. The predicted octanol–water partition coefficient (Wildman–Crippen LogP) is 3.18. The van der Waals surface area contributed by atoms with Crippen LogP contribution in [-0.4, -0.2) is 39.1 Å². The summed E-state index contributed by atoms with van der Waals surface area (Å²) in [7, 11) is 0. The van der Waals surface area contributed by atoms with Gasteiger partial charge < -0.3 is 19.0 Å². The summed E-state index contributed by atoms with van der Waals surface area (Å²) < 4.78 is 10.8. The number of amides is 1. The van der Waals surface area contributed by atoms with Crippen molar-refractivity contribution in [3.05, 3.63) is 66.2 Å². The lowest BCUT2D eigenvalue weighted by molar-refractivity contribution is -0.134. The SMILES string of the molecule is O=C(COc1ccc(-c2nnco2)cc1)N1CCc2[nH]c3ccccc3c2C1. The molecule has 0 atom stereocenters. The van der Waals surface area contributed by atoms with Gasteiger partial charge in [0.1, 0.15) is 5.75 Å². The third-order valence-corrected chi connectivity index (χ3v) is 5.06. The second kappa shape index (κ2) is 6.84. The van der Waals surface area contributed by atoms with Gasteiger partial charge in [-0.15, -0.1) is 10.2 Å². The van der Waals surface area contributed by atoms with Crippen LogP contribution in [0, 0.1) is 0 Å². The summed E-state index contributed by atoms with van der Waals surface area (Å²) in [6, 6.07) is 15.4. The molecule has 1 N–H and O–H groups in total. The molecular weight excluding hydrogens is 356 g/mol. The summed E-state index contributed by atoms with van der Waals surface area (Å²) in [6.45, 7) is 1.31. The fraction of sp³-hybridized carbons (Fsp3) is 0.190. The number of nitrogens with zero attached hydrogens (tertiary/aromatic N) is 3. The standard InChI is InChI=1S/C21H18N4O3/c26-20(12-27-15-7-5-14(6-8-15)21-24-22-13-28-21)25-10-9-19-17(11-25)16-3-1-2-4-18(16)23-19/h1-8,13,23H,9-12H2. The molecule has 1 amide bonds. The Balaban J connectivity index is 1.24.